The first-order valence-corrected chi connectivity index (χ1v) is 2.77. The summed E-state index contributed by atoms with van der Waals surface area (Å²) in [6, 6.07) is 0. The minimum atomic E-state index is -0.935. The Kier molecular flexibility index (Phi) is 1.53. The molecule has 0 aliphatic carbocycles. The molecule has 0 aromatic carbocycles. The predicted molar refractivity (Wildman–Crippen MR) is 30.5 cm³/mol. The van der Waals surface area contributed by atoms with Gasteiger partial charge in [0, 0.05) is 6.42 Å². The van der Waals surface area contributed by atoms with Crippen LogP contribution in [0.3, 0.4) is 0 Å². The molecule has 50 valence electrons. The average Bonchev–Trinajstić information content (AvgIpc) is 1.80. The Morgan fingerprint density at radius 1 is 1.78 bits per heavy atom. The highest BCUT2D eigenvalue weighted by Gasteiger charge is 2.22. The molecule has 1 aliphatic heterocycles. The number of esters is 1. The number of aliphatic hydroxyl groups is 1. The number of hydrogen-bond donors (Lipinski definition) is 1. The molecule has 9 heavy (non-hydrogen) atoms. The summed E-state index contributed by atoms with van der Waals surface area (Å²) < 4.78 is 4.52. The van der Waals surface area contributed by atoms with Crippen molar-refractivity contribution in [1.82, 2.24) is 0 Å². The van der Waals surface area contributed by atoms with Gasteiger partial charge in [0.1, 0.15) is 5.76 Å². The summed E-state index contributed by atoms with van der Waals surface area (Å²) in [5.74, 6) is -0.128. The molecule has 0 amide bonds. The molecular weight excluding hydrogens is 120 g/mol. The van der Waals surface area contributed by atoms with Gasteiger partial charge in [0.15, 0.2) is 6.10 Å². The van der Waals surface area contributed by atoms with Crippen LogP contribution in [-0.4, -0.2) is 17.2 Å². The maximum absolute atomic E-state index is 10.5. The Morgan fingerprint density at radius 3 is 2.89 bits per heavy atom. The zero-order valence-electron chi connectivity index (χ0n) is 4.96. The first-order valence-electron chi connectivity index (χ1n) is 2.77. The first-order chi connectivity index (χ1) is 4.20. The minimum absolute atomic E-state index is 0.442. The molecule has 1 aliphatic rings. The van der Waals surface area contributed by atoms with Crippen LogP contribution in [0.5, 0.6) is 0 Å². The van der Waals surface area contributed by atoms with Crippen molar-refractivity contribution in [1.29, 1.82) is 0 Å². The highest BCUT2D eigenvalue weighted by atomic mass is 16.6. The summed E-state index contributed by atoms with van der Waals surface area (Å²) in [6.07, 6.45) is 0.0837. The molecule has 1 saturated heterocycles. The van der Waals surface area contributed by atoms with E-state index in [2.05, 4.69) is 11.3 Å². The molecule has 0 aromatic rings. The van der Waals surface area contributed by atoms with E-state index in [0.29, 0.717) is 18.6 Å². The molecular formula is C6H8O3. The molecule has 1 N–H and O–H groups in total. The third-order valence-corrected chi connectivity index (χ3v) is 1.21. The lowest BCUT2D eigenvalue weighted by molar-refractivity contribution is -0.152. The van der Waals surface area contributed by atoms with E-state index < -0.39 is 12.1 Å². The largest absolute Gasteiger partial charge is 0.430 e. The van der Waals surface area contributed by atoms with Crippen LogP contribution in [0, 0.1) is 0 Å². The van der Waals surface area contributed by atoms with Crippen molar-refractivity contribution in [3.63, 3.8) is 0 Å². The SMILES string of the molecule is C=C1CCC(O)C(=O)O1. The summed E-state index contributed by atoms with van der Waals surface area (Å²) in [7, 11) is 0. The van der Waals surface area contributed by atoms with E-state index in [0.717, 1.165) is 0 Å². The zero-order chi connectivity index (χ0) is 6.85. The molecule has 1 atom stereocenters. The third-order valence-electron chi connectivity index (χ3n) is 1.21. The molecule has 0 aromatic heterocycles. The van der Waals surface area contributed by atoms with Gasteiger partial charge in [0.2, 0.25) is 0 Å². The normalized spacial score (nSPS) is 27.9. The van der Waals surface area contributed by atoms with Crippen molar-refractivity contribution in [3.8, 4) is 0 Å². The van der Waals surface area contributed by atoms with Crippen molar-refractivity contribution in [2.45, 2.75) is 18.9 Å². The second kappa shape index (κ2) is 2.19. The number of carbonyl (C=O) groups excluding carboxylic acids is 1. The van der Waals surface area contributed by atoms with Crippen LogP contribution in [0.2, 0.25) is 0 Å². The average molecular weight is 128 g/mol. The minimum Gasteiger partial charge on any atom is -0.430 e. The molecule has 0 bridgehead atoms. The van der Waals surface area contributed by atoms with E-state index >= 15 is 0 Å². The lowest BCUT2D eigenvalue weighted by atomic mass is 10.1. The van der Waals surface area contributed by atoms with Crippen molar-refractivity contribution in [2.24, 2.45) is 0 Å². The molecule has 1 unspecified atom stereocenters. The second-order valence-electron chi connectivity index (χ2n) is 2.01. The molecule has 0 spiro atoms. The number of rotatable bonds is 0. The van der Waals surface area contributed by atoms with Gasteiger partial charge in [0.05, 0.1) is 0 Å². The van der Waals surface area contributed by atoms with Gasteiger partial charge >= 0.3 is 5.97 Å². The Labute approximate surface area is 52.9 Å². The van der Waals surface area contributed by atoms with E-state index in [-0.39, 0.29) is 0 Å². The van der Waals surface area contributed by atoms with Crippen LogP contribution >= 0.6 is 0 Å². The van der Waals surface area contributed by atoms with Crippen LogP contribution in [-0.2, 0) is 9.53 Å². The Bertz CT molecular complexity index is 150. The van der Waals surface area contributed by atoms with E-state index in [9.17, 15) is 4.79 Å². The molecule has 1 rings (SSSR count). The van der Waals surface area contributed by atoms with E-state index in [1.807, 2.05) is 0 Å². The van der Waals surface area contributed by atoms with Gasteiger partial charge in [-0.1, -0.05) is 6.58 Å². The second-order valence-corrected chi connectivity index (χ2v) is 2.01. The molecule has 3 nitrogen and oxygen atoms in total. The number of aliphatic hydroxyl groups excluding tert-OH is 1. The number of allylic oxidation sites excluding steroid dienone is 1. The number of hydrogen-bond acceptors (Lipinski definition) is 3. The highest BCUT2D eigenvalue weighted by Crippen LogP contribution is 2.15. The van der Waals surface area contributed by atoms with Crippen LogP contribution < -0.4 is 0 Å². The molecule has 1 heterocycles. The number of ether oxygens (including phenoxy) is 1. The van der Waals surface area contributed by atoms with Gasteiger partial charge in [-0.25, -0.2) is 4.79 Å². The van der Waals surface area contributed by atoms with Gasteiger partial charge in [0.25, 0.3) is 0 Å². The molecule has 1 fully saturated rings. The van der Waals surface area contributed by atoms with Crippen LogP contribution in [0.1, 0.15) is 12.8 Å². The molecule has 0 radical (unpaired) electrons. The maximum Gasteiger partial charge on any atom is 0.340 e. The topological polar surface area (TPSA) is 46.5 Å². The van der Waals surface area contributed by atoms with E-state index in [4.69, 9.17) is 5.11 Å². The Hall–Kier alpha value is -0.830. The lowest BCUT2D eigenvalue weighted by Gasteiger charge is -2.16. The van der Waals surface area contributed by atoms with Gasteiger partial charge in [-0.2, -0.15) is 0 Å². The maximum atomic E-state index is 10.5. The predicted octanol–water partition coefficient (Wildman–Crippen LogP) is 0.198. The Balaban J connectivity index is 2.54. The lowest BCUT2D eigenvalue weighted by Crippen LogP contribution is -2.27. The van der Waals surface area contributed by atoms with Crippen LogP contribution in [0.25, 0.3) is 0 Å². The third kappa shape index (κ3) is 1.29. The van der Waals surface area contributed by atoms with Crippen molar-refractivity contribution < 1.29 is 14.6 Å². The summed E-state index contributed by atoms with van der Waals surface area (Å²) >= 11 is 0. The molecule has 3 heteroatoms. The van der Waals surface area contributed by atoms with Crippen LogP contribution in [0.4, 0.5) is 0 Å². The van der Waals surface area contributed by atoms with Crippen molar-refractivity contribution >= 4 is 5.97 Å². The number of cyclic esters (lactones) is 1. The standard InChI is InChI=1S/C6H8O3/c1-4-2-3-5(7)6(8)9-4/h5,7H,1-3H2. The summed E-state index contributed by atoms with van der Waals surface area (Å²) in [4.78, 5) is 10.5. The number of carbonyl (C=O) groups is 1. The zero-order valence-corrected chi connectivity index (χ0v) is 4.96. The van der Waals surface area contributed by atoms with Gasteiger partial charge in [-0.15, -0.1) is 0 Å². The fourth-order valence-corrected chi connectivity index (χ4v) is 0.677. The van der Waals surface area contributed by atoms with Crippen molar-refractivity contribution in [3.05, 3.63) is 12.3 Å². The highest BCUT2D eigenvalue weighted by molar-refractivity contribution is 5.76. The first kappa shape index (κ1) is 6.29. The van der Waals surface area contributed by atoms with Gasteiger partial charge < -0.3 is 9.84 Å². The van der Waals surface area contributed by atoms with Crippen LogP contribution in [0.15, 0.2) is 12.3 Å². The van der Waals surface area contributed by atoms with Gasteiger partial charge in [-0.3, -0.25) is 0 Å². The summed E-state index contributed by atoms with van der Waals surface area (Å²) in [6.45, 7) is 3.44. The monoisotopic (exact) mass is 128 g/mol. The smallest absolute Gasteiger partial charge is 0.340 e. The quantitative estimate of drug-likeness (QED) is 0.474. The Morgan fingerprint density at radius 2 is 2.44 bits per heavy atom. The van der Waals surface area contributed by atoms with E-state index in [1.54, 1.807) is 0 Å². The molecule has 0 saturated carbocycles. The van der Waals surface area contributed by atoms with Crippen molar-refractivity contribution in [2.75, 3.05) is 0 Å². The fourth-order valence-electron chi connectivity index (χ4n) is 0.677. The summed E-state index contributed by atoms with van der Waals surface area (Å²) in [5, 5.41) is 8.78. The van der Waals surface area contributed by atoms with E-state index in [1.165, 1.54) is 0 Å². The fraction of sp³-hybridized carbons (Fsp3) is 0.500. The van der Waals surface area contributed by atoms with Gasteiger partial charge in [-0.05, 0) is 6.42 Å². The summed E-state index contributed by atoms with van der Waals surface area (Å²) in [5.41, 5.74) is 0.